The van der Waals surface area contributed by atoms with E-state index in [1.807, 2.05) is 31.1 Å². The van der Waals surface area contributed by atoms with Gasteiger partial charge in [-0.15, -0.1) is 0 Å². The second-order valence-electron chi connectivity index (χ2n) is 5.83. The molecule has 0 aliphatic carbocycles. The minimum Gasteiger partial charge on any atom is -0.378 e. The Balaban J connectivity index is 2.28. The molecule has 134 valence electrons. The van der Waals surface area contributed by atoms with E-state index in [4.69, 9.17) is 11.6 Å². The Morgan fingerprint density at radius 2 is 1.60 bits per heavy atom. The van der Waals surface area contributed by atoms with Gasteiger partial charge in [0.25, 0.3) is 5.91 Å². The minimum absolute atomic E-state index is 0.0700. The van der Waals surface area contributed by atoms with Crippen molar-refractivity contribution in [3.8, 4) is 0 Å². The standard InChI is InChI=1S/C17H20ClN3O3S/c1-20(2)14-8-6-13(7-9-14)19-17(22)12-5-10-15(18)16(11-12)25(23,24)21(3)4/h5-11H,1-4H3,(H,19,22). The van der Waals surface area contributed by atoms with E-state index in [-0.39, 0.29) is 15.5 Å². The molecule has 0 saturated heterocycles. The van der Waals surface area contributed by atoms with Crippen LogP contribution in [-0.2, 0) is 10.0 Å². The number of carbonyl (C=O) groups excluding carboxylic acids is 1. The van der Waals surface area contributed by atoms with E-state index in [1.165, 1.54) is 32.3 Å². The molecular formula is C17H20ClN3O3S. The smallest absolute Gasteiger partial charge is 0.255 e. The third-order valence-corrected chi connectivity index (χ3v) is 5.89. The molecule has 0 saturated carbocycles. The number of sulfonamides is 1. The first kappa shape index (κ1) is 19.2. The predicted octanol–water partition coefficient (Wildman–Crippen LogP) is 2.91. The molecule has 0 aromatic heterocycles. The van der Waals surface area contributed by atoms with Gasteiger partial charge in [-0.3, -0.25) is 4.79 Å². The second-order valence-corrected chi connectivity index (χ2v) is 8.36. The fourth-order valence-electron chi connectivity index (χ4n) is 2.09. The van der Waals surface area contributed by atoms with Crippen molar-refractivity contribution in [2.45, 2.75) is 4.90 Å². The average Bonchev–Trinajstić information content (AvgIpc) is 2.55. The van der Waals surface area contributed by atoms with Gasteiger partial charge in [0.2, 0.25) is 10.0 Å². The van der Waals surface area contributed by atoms with E-state index in [0.717, 1.165) is 9.99 Å². The van der Waals surface area contributed by atoms with E-state index in [9.17, 15) is 13.2 Å². The lowest BCUT2D eigenvalue weighted by Gasteiger charge is -2.14. The molecule has 2 aromatic carbocycles. The molecule has 0 bridgehead atoms. The fraction of sp³-hybridized carbons (Fsp3) is 0.235. The molecule has 2 aromatic rings. The molecule has 0 spiro atoms. The monoisotopic (exact) mass is 381 g/mol. The van der Waals surface area contributed by atoms with Gasteiger partial charge in [-0.05, 0) is 42.5 Å². The van der Waals surface area contributed by atoms with Crippen molar-refractivity contribution in [1.29, 1.82) is 0 Å². The van der Waals surface area contributed by atoms with Gasteiger partial charge in [-0.25, -0.2) is 12.7 Å². The van der Waals surface area contributed by atoms with Crippen molar-refractivity contribution >= 4 is 38.9 Å². The van der Waals surface area contributed by atoms with Gasteiger partial charge in [0.05, 0.1) is 5.02 Å². The Morgan fingerprint density at radius 1 is 1.00 bits per heavy atom. The first-order valence-corrected chi connectivity index (χ1v) is 9.25. The zero-order chi connectivity index (χ0) is 18.8. The van der Waals surface area contributed by atoms with Crippen LogP contribution in [0.4, 0.5) is 11.4 Å². The van der Waals surface area contributed by atoms with Gasteiger partial charge in [-0.2, -0.15) is 0 Å². The predicted molar refractivity (Wildman–Crippen MR) is 101 cm³/mol. The highest BCUT2D eigenvalue weighted by Crippen LogP contribution is 2.25. The number of benzene rings is 2. The molecule has 0 atom stereocenters. The summed E-state index contributed by atoms with van der Waals surface area (Å²) in [4.78, 5) is 14.3. The number of rotatable bonds is 5. The lowest BCUT2D eigenvalue weighted by Crippen LogP contribution is -2.23. The summed E-state index contributed by atoms with van der Waals surface area (Å²) in [5, 5.41) is 2.81. The Kier molecular flexibility index (Phi) is 5.72. The van der Waals surface area contributed by atoms with Crippen LogP contribution in [0.5, 0.6) is 0 Å². The third kappa shape index (κ3) is 4.31. The second kappa shape index (κ2) is 7.43. The number of anilines is 2. The molecule has 0 radical (unpaired) electrons. The van der Waals surface area contributed by atoms with Crippen molar-refractivity contribution in [2.75, 3.05) is 38.4 Å². The van der Waals surface area contributed by atoms with Gasteiger partial charge in [0.15, 0.2) is 0 Å². The van der Waals surface area contributed by atoms with Crippen LogP contribution in [0.25, 0.3) is 0 Å². The van der Waals surface area contributed by atoms with Crippen LogP contribution in [-0.4, -0.2) is 46.8 Å². The number of nitrogens with one attached hydrogen (secondary N) is 1. The summed E-state index contributed by atoms with van der Waals surface area (Å²) in [6.45, 7) is 0. The summed E-state index contributed by atoms with van der Waals surface area (Å²) in [6, 6.07) is 11.5. The van der Waals surface area contributed by atoms with Gasteiger partial charge in [0, 0.05) is 45.1 Å². The third-order valence-electron chi connectivity index (χ3n) is 3.59. The summed E-state index contributed by atoms with van der Waals surface area (Å²) in [7, 11) is 2.93. The number of halogens is 1. The first-order chi connectivity index (χ1) is 11.6. The molecule has 1 N–H and O–H groups in total. The lowest BCUT2D eigenvalue weighted by molar-refractivity contribution is 0.102. The number of amides is 1. The number of hydrogen-bond acceptors (Lipinski definition) is 4. The van der Waals surface area contributed by atoms with Crippen molar-refractivity contribution < 1.29 is 13.2 Å². The lowest BCUT2D eigenvalue weighted by atomic mass is 10.2. The summed E-state index contributed by atoms with van der Waals surface area (Å²) < 4.78 is 25.6. The van der Waals surface area contributed by atoms with Crippen LogP contribution in [0.3, 0.4) is 0 Å². The van der Waals surface area contributed by atoms with Crippen molar-refractivity contribution in [3.05, 3.63) is 53.1 Å². The van der Waals surface area contributed by atoms with Crippen LogP contribution in [0.1, 0.15) is 10.4 Å². The highest BCUT2D eigenvalue weighted by molar-refractivity contribution is 7.89. The Hall–Kier alpha value is -2.09. The van der Waals surface area contributed by atoms with Crippen LogP contribution in [0.2, 0.25) is 5.02 Å². The quantitative estimate of drug-likeness (QED) is 0.864. The van der Waals surface area contributed by atoms with Gasteiger partial charge in [0.1, 0.15) is 4.90 Å². The molecular weight excluding hydrogens is 362 g/mol. The molecule has 0 aliphatic heterocycles. The van der Waals surface area contributed by atoms with Crippen LogP contribution in [0.15, 0.2) is 47.4 Å². The summed E-state index contributed by atoms with van der Waals surface area (Å²) in [5.74, 6) is -0.413. The van der Waals surface area contributed by atoms with Crippen molar-refractivity contribution in [2.24, 2.45) is 0 Å². The first-order valence-electron chi connectivity index (χ1n) is 7.44. The number of nitrogens with zero attached hydrogens (tertiary/aromatic N) is 2. The SMILES string of the molecule is CN(C)c1ccc(NC(=O)c2ccc(Cl)c(S(=O)(=O)N(C)C)c2)cc1. The van der Waals surface area contributed by atoms with E-state index in [1.54, 1.807) is 12.1 Å². The molecule has 0 aliphatic rings. The highest BCUT2D eigenvalue weighted by atomic mass is 35.5. The van der Waals surface area contributed by atoms with E-state index < -0.39 is 15.9 Å². The Bertz CT molecular complexity index is 879. The van der Waals surface area contributed by atoms with E-state index in [0.29, 0.717) is 5.69 Å². The number of hydrogen-bond donors (Lipinski definition) is 1. The zero-order valence-electron chi connectivity index (χ0n) is 14.4. The van der Waals surface area contributed by atoms with E-state index in [2.05, 4.69) is 5.32 Å². The number of carbonyl (C=O) groups is 1. The minimum atomic E-state index is -3.74. The van der Waals surface area contributed by atoms with Crippen molar-refractivity contribution in [1.82, 2.24) is 4.31 Å². The van der Waals surface area contributed by atoms with Gasteiger partial charge in [-0.1, -0.05) is 11.6 Å². The van der Waals surface area contributed by atoms with Crippen LogP contribution in [0, 0.1) is 0 Å². The molecule has 0 unspecified atom stereocenters. The molecule has 0 heterocycles. The molecule has 1 amide bonds. The highest BCUT2D eigenvalue weighted by Gasteiger charge is 2.22. The molecule has 0 fully saturated rings. The molecule has 2 rings (SSSR count). The maximum Gasteiger partial charge on any atom is 0.255 e. The zero-order valence-corrected chi connectivity index (χ0v) is 16.0. The maximum atomic E-state index is 12.4. The largest absolute Gasteiger partial charge is 0.378 e. The van der Waals surface area contributed by atoms with Crippen molar-refractivity contribution in [3.63, 3.8) is 0 Å². The van der Waals surface area contributed by atoms with Crippen LogP contribution < -0.4 is 10.2 Å². The summed E-state index contributed by atoms with van der Waals surface area (Å²) in [5.41, 5.74) is 1.83. The Morgan fingerprint density at radius 3 is 2.12 bits per heavy atom. The molecule has 25 heavy (non-hydrogen) atoms. The molecule has 6 nitrogen and oxygen atoms in total. The fourth-order valence-corrected chi connectivity index (χ4v) is 3.48. The maximum absolute atomic E-state index is 12.4. The normalized spacial score (nSPS) is 11.4. The summed E-state index contributed by atoms with van der Waals surface area (Å²) in [6.07, 6.45) is 0. The average molecular weight is 382 g/mol. The molecule has 8 heteroatoms. The van der Waals surface area contributed by atoms with Gasteiger partial charge >= 0.3 is 0 Å². The van der Waals surface area contributed by atoms with Gasteiger partial charge < -0.3 is 10.2 Å². The summed E-state index contributed by atoms with van der Waals surface area (Å²) >= 11 is 5.99. The van der Waals surface area contributed by atoms with Crippen LogP contribution >= 0.6 is 11.6 Å². The topological polar surface area (TPSA) is 69.7 Å². The Labute approximate surface area is 153 Å². The van der Waals surface area contributed by atoms with E-state index >= 15 is 0 Å².